The zero-order valence-electron chi connectivity index (χ0n) is 18.8. The third kappa shape index (κ3) is 4.73. The van der Waals surface area contributed by atoms with E-state index in [4.69, 9.17) is 0 Å². The number of hydrogen-bond acceptors (Lipinski definition) is 6. The zero-order chi connectivity index (χ0) is 24.4. The SMILES string of the molecule is O=C(Nc1ccccc1-n1ncc2c(=O)[nH]cnc21)C1CCN(S(=O)(=O)Cc2ccccc2)CC1. The number of benzene rings is 2. The summed E-state index contributed by atoms with van der Waals surface area (Å²) < 4.78 is 28.6. The van der Waals surface area contributed by atoms with Crippen molar-refractivity contribution < 1.29 is 13.2 Å². The number of fused-ring (bicyclic) bond motifs is 1. The number of anilines is 1. The van der Waals surface area contributed by atoms with Crippen LogP contribution in [0.3, 0.4) is 0 Å². The van der Waals surface area contributed by atoms with Crippen molar-refractivity contribution in [2.75, 3.05) is 18.4 Å². The number of piperidine rings is 1. The maximum Gasteiger partial charge on any atom is 0.261 e. The molecule has 5 rings (SSSR count). The van der Waals surface area contributed by atoms with E-state index >= 15 is 0 Å². The molecule has 0 atom stereocenters. The molecule has 0 radical (unpaired) electrons. The van der Waals surface area contributed by atoms with Gasteiger partial charge in [0.1, 0.15) is 5.39 Å². The van der Waals surface area contributed by atoms with Gasteiger partial charge in [-0.25, -0.2) is 22.4 Å². The van der Waals surface area contributed by atoms with Gasteiger partial charge in [0.05, 0.1) is 29.7 Å². The number of rotatable bonds is 6. The van der Waals surface area contributed by atoms with Gasteiger partial charge in [-0.1, -0.05) is 42.5 Å². The van der Waals surface area contributed by atoms with Crippen molar-refractivity contribution in [3.05, 3.63) is 83.0 Å². The molecule has 35 heavy (non-hydrogen) atoms. The molecule has 3 heterocycles. The van der Waals surface area contributed by atoms with E-state index in [0.29, 0.717) is 48.3 Å². The van der Waals surface area contributed by atoms with Crippen LogP contribution in [0, 0.1) is 5.92 Å². The fourth-order valence-corrected chi connectivity index (χ4v) is 5.87. The summed E-state index contributed by atoms with van der Waals surface area (Å²) in [4.78, 5) is 31.8. The van der Waals surface area contributed by atoms with E-state index in [9.17, 15) is 18.0 Å². The average Bonchev–Trinajstić information content (AvgIpc) is 3.30. The Bertz CT molecular complexity index is 1520. The quantitative estimate of drug-likeness (QED) is 0.425. The molecule has 1 aliphatic rings. The first kappa shape index (κ1) is 22.9. The maximum atomic E-state index is 13.1. The van der Waals surface area contributed by atoms with E-state index in [1.54, 1.807) is 30.3 Å². The van der Waals surface area contributed by atoms with Crippen molar-refractivity contribution in [3.63, 3.8) is 0 Å². The number of H-pyrrole nitrogens is 1. The molecule has 180 valence electrons. The topological polar surface area (TPSA) is 130 Å². The van der Waals surface area contributed by atoms with Gasteiger partial charge in [-0.3, -0.25) is 9.59 Å². The molecule has 0 saturated carbocycles. The van der Waals surface area contributed by atoms with Crippen molar-refractivity contribution in [3.8, 4) is 5.69 Å². The summed E-state index contributed by atoms with van der Waals surface area (Å²) in [7, 11) is -3.45. The molecular formula is C24H24N6O4S. The highest BCUT2D eigenvalue weighted by molar-refractivity contribution is 7.88. The van der Waals surface area contributed by atoms with Crippen LogP contribution in [0.4, 0.5) is 5.69 Å². The van der Waals surface area contributed by atoms with Crippen LogP contribution in [0.15, 0.2) is 71.9 Å². The molecule has 1 amide bonds. The summed E-state index contributed by atoms with van der Waals surface area (Å²) in [5, 5.41) is 7.59. The van der Waals surface area contributed by atoms with Crippen molar-refractivity contribution in [1.82, 2.24) is 24.1 Å². The highest BCUT2D eigenvalue weighted by atomic mass is 32.2. The van der Waals surface area contributed by atoms with Gasteiger partial charge in [-0.05, 0) is 30.5 Å². The monoisotopic (exact) mass is 492 g/mol. The Morgan fingerprint density at radius 3 is 2.54 bits per heavy atom. The van der Waals surface area contributed by atoms with Crippen LogP contribution >= 0.6 is 0 Å². The van der Waals surface area contributed by atoms with Gasteiger partial charge in [-0.2, -0.15) is 5.10 Å². The molecule has 10 nitrogen and oxygen atoms in total. The summed E-state index contributed by atoms with van der Waals surface area (Å²) >= 11 is 0. The third-order valence-electron chi connectivity index (χ3n) is 6.17. The first-order valence-electron chi connectivity index (χ1n) is 11.3. The van der Waals surface area contributed by atoms with E-state index in [2.05, 4.69) is 20.4 Å². The molecule has 0 bridgehead atoms. The fraction of sp³-hybridized carbons (Fsp3) is 0.250. The lowest BCUT2D eigenvalue weighted by Crippen LogP contribution is -2.41. The molecule has 1 aliphatic heterocycles. The molecule has 2 aromatic heterocycles. The van der Waals surface area contributed by atoms with Gasteiger partial charge >= 0.3 is 0 Å². The third-order valence-corrected chi connectivity index (χ3v) is 8.02. The molecule has 4 aromatic rings. The number of carbonyl (C=O) groups excluding carboxylic acids is 1. The van der Waals surface area contributed by atoms with Crippen molar-refractivity contribution in [2.24, 2.45) is 5.92 Å². The maximum absolute atomic E-state index is 13.1. The first-order valence-corrected chi connectivity index (χ1v) is 12.9. The Kier molecular flexibility index (Phi) is 6.18. The number of nitrogens with zero attached hydrogens (tertiary/aromatic N) is 4. The normalized spacial score (nSPS) is 15.3. The van der Waals surface area contributed by atoms with E-state index in [0.717, 1.165) is 5.56 Å². The predicted molar refractivity (Wildman–Crippen MR) is 131 cm³/mol. The number of para-hydroxylation sites is 2. The molecular weight excluding hydrogens is 468 g/mol. The zero-order valence-corrected chi connectivity index (χ0v) is 19.6. The second-order valence-corrected chi connectivity index (χ2v) is 10.4. The molecule has 11 heteroatoms. The molecule has 2 aromatic carbocycles. The summed E-state index contributed by atoms with van der Waals surface area (Å²) in [6.45, 7) is 0.594. The van der Waals surface area contributed by atoms with Gasteiger partial charge in [0.2, 0.25) is 15.9 Å². The number of sulfonamides is 1. The van der Waals surface area contributed by atoms with E-state index in [1.807, 2.05) is 24.3 Å². The second kappa shape index (κ2) is 9.43. The Morgan fingerprint density at radius 2 is 1.77 bits per heavy atom. The molecule has 0 aliphatic carbocycles. The lowest BCUT2D eigenvalue weighted by atomic mass is 9.97. The van der Waals surface area contributed by atoms with E-state index < -0.39 is 10.0 Å². The molecule has 1 fully saturated rings. The van der Waals surface area contributed by atoms with Gasteiger partial charge < -0.3 is 10.3 Å². The number of nitrogens with one attached hydrogen (secondary N) is 2. The fourth-order valence-electron chi connectivity index (χ4n) is 4.30. The van der Waals surface area contributed by atoms with Gasteiger partial charge in [0, 0.05) is 19.0 Å². The Hall–Kier alpha value is -3.83. The van der Waals surface area contributed by atoms with Gasteiger partial charge in [0.15, 0.2) is 5.65 Å². The highest BCUT2D eigenvalue weighted by Gasteiger charge is 2.31. The van der Waals surface area contributed by atoms with Gasteiger partial charge in [-0.15, -0.1) is 0 Å². The van der Waals surface area contributed by atoms with Crippen LogP contribution in [0.5, 0.6) is 0 Å². The molecule has 0 unspecified atom stereocenters. The van der Waals surface area contributed by atoms with Crippen LogP contribution in [-0.4, -0.2) is 51.5 Å². The summed E-state index contributed by atoms with van der Waals surface area (Å²) in [6, 6.07) is 16.2. The van der Waals surface area contributed by atoms with Crippen LogP contribution in [0.1, 0.15) is 18.4 Å². The number of hydrogen-bond donors (Lipinski definition) is 2. The summed E-state index contributed by atoms with van der Waals surface area (Å²) in [5.41, 5.74) is 1.94. The minimum Gasteiger partial charge on any atom is -0.324 e. The minimum atomic E-state index is -3.45. The van der Waals surface area contributed by atoms with Crippen LogP contribution in [0.2, 0.25) is 0 Å². The average molecular weight is 493 g/mol. The second-order valence-electron chi connectivity index (χ2n) is 8.45. The lowest BCUT2D eigenvalue weighted by molar-refractivity contribution is -0.120. The largest absolute Gasteiger partial charge is 0.324 e. The standard InChI is InChI=1S/C24H24N6O4S/c31-23(18-10-12-29(13-11-18)35(33,34)15-17-6-2-1-3-7-17)28-20-8-4-5-9-21(20)30-22-19(14-27-30)24(32)26-16-25-22/h1-9,14,16,18H,10-13,15H2,(H,28,31)(H,25,26,32). The summed E-state index contributed by atoms with van der Waals surface area (Å²) in [5.74, 6) is -0.548. The van der Waals surface area contributed by atoms with Crippen molar-refractivity contribution in [1.29, 1.82) is 0 Å². The lowest BCUT2D eigenvalue weighted by Gasteiger charge is -2.30. The number of aromatic nitrogens is 4. The van der Waals surface area contributed by atoms with E-state index in [1.165, 1.54) is 21.5 Å². The van der Waals surface area contributed by atoms with Gasteiger partial charge in [0.25, 0.3) is 5.56 Å². The Balaban J connectivity index is 1.28. The smallest absolute Gasteiger partial charge is 0.261 e. The van der Waals surface area contributed by atoms with Crippen LogP contribution < -0.4 is 10.9 Å². The highest BCUT2D eigenvalue weighted by Crippen LogP contribution is 2.26. The minimum absolute atomic E-state index is 0.0488. The first-order chi connectivity index (χ1) is 16.9. The Morgan fingerprint density at radius 1 is 1.06 bits per heavy atom. The Labute approximate surface area is 201 Å². The predicted octanol–water partition coefficient (Wildman–Crippen LogP) is 2.29. The van der Waals surface area contributed by atoms with Crippen molar-refractivity contribution in [2.45, 2.75) is 18.6 Å². The molecule has 0 spiro atoms. The molecule has 2 N–H and O–H groups in total. The van der Waals surface area contributed by atoms with E-state index in [-0.39, 0.29) is 23.1 Å². The van der Waals surface area contributed by atoms with Crippen molar-refractivity contribution >= 4 is 32.7 Å². The number of aromatic amines is 1. The van der Waals surface area contributed by atoms with Crippen LogP contribution in [-0.2, 0) is 20.6 Å². The number of carbonyl (C=O) groups is 1. The number of amides is 1. The molecule has 1 saturated heterocycles. The summed E-state index contributed by atoms with van der Waals surface area (Å²) in [6.07, 6.45) is 3.61. The van der Waals surface area contributed by atoms with Crippen LogP contribution in [0.25, 0.3) is 16.7 Å².